The third-order valence-corrected chi connectivity index (χ3v) is 3.68. The maximum Gasteiger partial charge on any atom is 0.122 e. The summed E-state index contributed by atoms with van der Waals surface area (Å²) in [4.78, 5) is 2.17. The minimum absolute atomic E-state index is 0.188. The van der Waals surface area contributed by atoms with Crippen LogP contribution < -0.4 is 4.74 Å². The predicted molar refractivity (Wildman–Crippen MR) is 84.4 cm³/mol. The van der Waals surface area contributed by atoms with E-state index in [0.29, 0.717) is 12.5 Å². The Morgan fingerprint density at radius 2 is 1.85 bits per heavy atom. The Morgan fingerprint density at radius 1 is 1.20 bits per heavy atom. The summed E-state index contributed by atoms with van der Waals surface area (Å²) in [6.07, 6.45) is 0. The van der Waals surface area contributed by atoms with Gasteiger partial charge in [0, 0.05) is 12.6 Å². The van der Waals surface area contributed by atoms with Gasteiger partial charge in [-0.25, -0.2) is 0 Å². The van der Waals surface area contributed by atoms with E-state index in [9.17, 15) is 5.11 Å². The number of hydrogen-bond donors (Lipinski definition) is 1. The Kier molecular flexibility index (Phi) is 6.50. The van der Waals surface area contributed by atoms with Crippen LogP contribution in [0, 0.1) is 5.92 Å². The molecule has 2 atom stereocenters. The zero-order chi connectivity index (χ0) is 15.3. The van der Waals surface area contributed by atoms with Gasteiger partial charge in [-0.05, 0) is 50.0 Å². The van der Waals surface area contributed by atoms with Gasteiger partial charge in [-0.1, -0.05) is 32.9 Å². The zero-order valence-electron chi connectivity index (χ0n) is 13.7. The molecule has 0 fully saturated rings. The number of rotatable bonds is 7. The van der Waals surface area contributed by atoms with E-state index in [4.69, 9.17) is 4.74 Å². The van der Waals surface area contributed by atoms with Crippen molar-refractivity contribution in [2.45, 2.75) is 39.7 Å². The molecule has 114 valence electrons. The van der Waals surface area contributed by atoms with E-state index in [-0.39, 0.29) is 18.6 Å². The fourth-order valence-corrected chi connectivity index (χ4v) is 2.72. The van der Waals surface area contributed by atoms with Crippen molar-refractivity contribution in [2.24, 2.45) is 5.92 Å². The van der Waals surface area contributed by atoms with Crippen molar-refractivity contribution in [3.8, 4) is 5.75 Å². The van der Waals surface area contributed by atoms with Gasteiger partial charge in [0.2, 0.25) is 0 Å². The molecule has 3 heteroatoms. The largest absolute Gasteiger partial charge is 0.494 e. The maximum atomic E-state index is 9.48. The highest BCUT2D eigenvalue weighted by Crippen LogP contribution is 2.33. The Labute approximate surface area is 123 Å². The summed E-state index contributed by atoms with van der Waals surface area (Å²) in [5.41, 5.74) is 2.48. The van der Waals surface area contributed by atoms with E-state index < -0.39 is 0 Å². The topological polar surface area (TPSA) is 32.7 Å². The van der Waals surface area contributed by atoms with Crippen molar-refractivity contribution in [3.63, 3.8) is 0 Å². The number of benzene rings is 1. The number of nitrogens with zero attached hydrogens (tertiary/aromatic N) is 1. The summed E-state index contributed by atoms with van der Waals surface area (Å²) in [6.45, 7) is 9.32. The third-order valence-electron chi connectivity index (χ3n) is 3.68. The van der Waals surface area contributed by atoms with Crippen LogP contribution in [0.25, 0.3) is 0 Å². The normalized spacial score (nSPS) is 14.7. The van der Waals surface area contributed by atoms with E-state index in [1.54, 1.807) is 0 Å². The molecule has 0 heterocycles. The van der Waals surface area contributed by atoms with Crippen molar-refractivity contribution in [1.29, 1.82) is 0 Å². The summed E-state index contributed by atoms with van der Waals surface area (Å²) in [5, 5.41) is 9.48. The van der Waals surface area contributed by atoms with Crippen molar-refractivity contribution < 1.29 is 9.84 Å². The van der Waals surface area contributed by atoms with Crippen molar-refractivity contribution in [2.75, 3.05) is 27.3 Å². The summed E-state index contributed by atoms with van der Waals surface area (Å²) < 4.78 is 5.72. The molecule has 0 aromatic heterocycles. The first-order valence-electron chi connectivity index (χ1n) is 7.46. The summed E-state index contributed by atoms with van der Waals surface area (Å²) in [6, 6.07) is 6.63. The van der Waals surface area contributed by atoms with E-state index in [2.05, 4.69) is 58.0 Å². The van der Waals surface area contributed by atoms with Gasteiger partial charge in [0.05, 0.1) is 6.61 Å². The van der Waals surface area contributed by atoms with Gasteiger partial charge in [-0.2, -0.15) is 0 Å². The first kappa shape index (κ1) is 17.0. The van der Waals surface area contributed by atoms with Gasteiger partial charge in [-0.3, -0.25) is 0 Å². The highest BCUT2D eigenvalue weighted by atomic mass is 16.5. The molecule has 0 bridgehead atoms. The lowest BCUT2D eigenvalue weighted by Crippen LogP contribution is -2.28. The molecule has 3 nitrogen and oxygen atoms in total. The molecule has 0 saturated heterocycles. The SMILES string of the molecule is CCOc1ccc(C(C(C)CO)N(C)C)cc1C(C)C. The van der Waals surface area contributed by atoms with Crippen LogP contribution in [-0.2, 0) is 0 Å². The molecular weight excluding hydrogens is 250 g/mol. The monoisotopic (exact) mass is 279 g/mol. The Hall–Kier alpha value is -1.06. The number of ether oxygens (including phenoxy) is 1. The molecule has 20 heavy (non-hydrogen) atoms. The molecule has 0 aliphatic heterocycles. The highest BCUT2D eigenvalue weighted by molar-refractivity contribution is 5.40. The van der Waals surface area contributed by atoms with Crippen molar-refractivity contribution >= 4 is 0 Å². The molecule has 1 aromatic carbocycles. The van der Waals surface area contributed by atoms with Crippen LogP contribution in [0.3, 0.4) is 0 Å². The molecule has 0 aliphatic rings. The van der Waals surface area contributed by atoms with Crippen LogP contribution in [-0.4, -0.2) is 37.3 Å². The molecule has 0 radical (unpaired) electrons. The highest BCUT2D eigenvalue weighted by Gasteiger charge is 2.22. The molecule has 0 spiro atoms. The van der Waals surface area contributed by atoms with Crippen molar-refractivity contribution in [1.82, 2.24) is 4.90 Å². The fourth-order valence-electron chi connectivity index (χ4n) is 2.72. The Bertz CT molecular complexity index is 415. The van der Waals surface area contributed by atoms with Crippen LogP contribution in [0.4, 0.5) is 0 Å². The summed E-state index contributed by atoms with van der Waals surface area (Å²) in [5.74, 6) is 1.59. The van der Waals surface area contributed by atoms with Gasteiger partial charge in [-0.15, -0.1) is 0 Å². The molecule has 0 amide bonds. The Balaban J connectivity index is 3.20. The van der Waals surface area contributed by atoms with Crippen LogP contribution in [0.2, 0.25) is 0 Å². The Morgan fingerprint density at radius 3 is 2.30 bits per heavy atom. The lowest BCUT2D eigenvalue weighted by atomic mass is 9.90. The fraction of sp³-hybridized carbons (Fsp3) is 0.647. The molecular formula is C17H29NO2. The third kappa shape index (κ3) is 3.97. The zero-order valence-corrected chi connectivity index (χ0v) is 13.7. The molecule has 1 rings (SSSR count). The smallest absolute Gasteiger partial charge is 0.122 e. The van der Waals surface area contributed by atoms with Crippen molar-refractivity contribution in [3.05, 3.63) is 29.3 Å². The van der Waals surface area contributed by atoms with Crippen LogP contribution >= 0.6 is 0 Å². The van der Waals surface area contributed by atoms with E-state index in [0.717, 1.165) is 5.75 Å². The number of hydrogen-bond acceptors (Lipinski definition) is 3. The van der Waals surface area contributed by atoms with Gasteiger partial charge in [0.25, 0.3) is 0 Å². The van der Waals surface area contributed by atoms with Gasteiger partial charge >= 0.3 is 0 Å². The minimum atomic E-state index is 0.188. The quantitative estimate of drug-likeness (QED) is 0.830. The average Bonchev–Trinajstić information content (AvgIpc) is 2.39. The second kappa shape index (κ2) is 7.65. The van der Waals surface area contributed by atoms with Crippen LogP contribution in [0.5, 0.6) is 5.75 Å². The lowest BCUT2D eigenvalue weighted by Gasteiger charge is -2.30. The van der Waals surface area contributed by atoms with Crippen LogP contribution in [0.1, 0.15) is 50.8 Å². The van der Waals surface area contributed by atoms with Gasteiger partial charge < -0.3 is 14.7 Å². The average molecular weight is 279 g/mol. The van der Waals surface area contributed by atoms with Crippen LogP contribution in [0.15, 0.2) is 18.2 Å². The standard InChI is InChI=1S/C17H29NO2/c1-7-20-16-9-8-14(10-15(16)12(2)3)17(18(5)6)13(4)11-19/h8-10,12-13,17,19H,7,11H2,1-6H3. The second-order valence-corrected chi connectivity index (χ2v) is 5.95. The van der Waals surface area contributed by atoms with Gasteiger partial charge in [0.1, 0.15) is 5.75 Å². The second-order valence-electron chi connectivity index (χ2n) is 5.95. The number of aliphatic hydroxyl groups is 1. The van der Waals surface area contributed by atoms with E-state index >= 15 is 0 Å². The number of aliphatic hydroxyl groups excluding tert-OH is 1. The molecule has 2 unspecified atom stereocenters. The van der Waals surface area contributed by atoms with E-state index in [1.165, 1.54) is 11.1 Å². The minimum Gasteiger partial charge on any atom is -0.494 e. The predicted octanol–water partition coefficient (Wildman–Crippen LogP) is 3.44. The lowest BCUT2D eigenvalue weighted by molar-refractivity contribution is 0.145. The maximum absolute atomic E-state index is 9.48. The molecule has 1 aromatic rings. The molecule has 0 saturated carbocycles. The summed E-state index contributed by atoms with van der Waals surface area (Å²) >= 11 is 0. The summed E-state index contributed by atoms with van der Waals surface area (Å²) in [7, 11) is 4.12. The van der Waals surface area contributed by atoms with Gasteiger partial charge in [0.15, 0.2) is 0 Å². The first-order chi connectivity index (χ1) is 9.42. The molecule has 0 aliphatic carbocycles. The molecule has 1 N–H and O–H groups in total. The first-order valence-corrected chi connectivity index (χ1v) is 7.46. The van der Waals surface area contributed by atoms with E-state index in [1.807, 2.05) is 6.92 Å².